The van der Waals surface area contributed by atoms with Crippen molar-refractivity contribution in [2.75, 3.05) is 12.4 Å². The zero-order valence-electron chi connectivity index (χ0n) is 18.8. The van der Waals surface area contributed by atoms with Crippen LogP contribution in [-0.4, -0.2) is 33.0 Å². The zero-order valence-corrected chi connectivity index (χ0v) is 19.6. The minimum Gasteiger partial charge on any atom is -0.497 e. The van der Waals surface area contributed by atoms with Crippen molar-refractivity contribution in [1.29, 1.82) is 0 Å². The van der Waals surface area contributed by atoms with E-state index < -0.39 is 0 Å². The lowest BCUT2D eigenvalue weighted by molar-refractivity contribution is 0.102. The fraction of sp³-hybridized carbons (Fsp3) is 0.250. The Morgan fingerprint density at radius 2 is 1.84 bits per heavy atom. The predicted molar refractivity (Wildman–Crippen MR) is 126 cm³/mol. The lowest BCUT2D eigenvalue weighted by atomic mass is 10.1. The number of hydrogen-bond donors (Lipinski definition) is 1. The molecule has 7 nitrogen and oxygen atoms in total. The zero-order chi connectivity index (χ0) is 22.8. The first-order chi connectivity index (χ1) is 15.4. The van der Waals surface area contributed by atoms with E-state index in [4.69, 9.17) is 4.74 Å². The first kappa shape index (κ1) is 21.7. The lowest BCUT2D eigenvalue weighted by Crippen LogP contribution is -2.14. The van der Waals surface area contributed by atoms with Crippen LogP contribution in [0.2, 0.25) is 0 Å². The number of ether oxygens (including phenoxy) is 1. The summed E-state index contributed by atoms with van der Waals surface area (Å²) in [4.78, 5) is 18.5. The average molecular weight is 448 g/mol. The fourth-order valence-electron chi connectivity index (χ4n) is 3.45. The summed E-state index contributed by atoms with van der Waals surface area (Å²) in [6, 6.07) is 14.1. The Morgan fingerprint density at radius 1 is 1.09 bits per heavy atom. The van der Waals surface area contributed by atoms with E-state index >= 15 is 0 Å². The molecule has 0 fully saturated rings. The first-order valence-electron chi connectivity index (χ1n) is 10.3. The fourth-order valence-corrected chi connectivity index (χ4v) is 4.44. The molecule has 164 valence electrons. The average Bonchev–Trinajstić information content (AvgIpc) is 3.32. The van der Waals surface area contributed by atoms with Crippen molar-refractivity contribution >= 4 is 22.4 Å². The van der Waals surface area contributed by atoms with Crippen LogP contribution in [-0.2, 0) is 6.42 Å². The second-order valence-electron chi connectivity index (χ2n) is 7.73. The number of rotatable bonds is 6. The quantitative estimate of drug-likeness (QED) is 0.459. The Morgan fingerprint density at radius 3 is 2.56 bits per heavy atom. The number of aryl methyl sites for hydroxylation is 3. The van der Waals surface area contributed by atoms with Crippen molar-refractivity contribution in [2.24, 2.45) is 0 Å². The number of carbonyl (C=O) groups is 1. The van der Waals surface area contributed by atoms with Gasteiger partial charge in [-0.3, -0.25) is 10.1 Å². The molecule has 2 aromatic carbocycles. The molecule has 2 heterocycles. The number of nitrogens with one attached hydrogen (secondary N) is 1. The summed E-state index contributed by atoms with van der Waals surface area (Å²) in [5.74, 6) is 0.510. The van der Waals surface area contributed by atoms with Crippen LogP contribution in [0.4, 0.5) is 5.13 Å². The van der Waals surface area contributed by atoms with Crippen molar-refractivity contribution in [2.45, 2.75) is 34.1 Å². The summed E-state index contributed by atoms with van der Waals surface area (Å²) in [7, 11) is 1.65. The van der Waals surface area contributed by atoms with E-state index in [1.54, 1.807) is 11.8 Å². The van der Waals surface area contributed by atoms with Gasteiger partial charge in [-0.2, -0.15) is 0 Å². The topological polar surface area (TPSA) is 81.9 Å². The van der Waals surface area contributed by atoms with E-state index in [9.17, 15) is 4.79 Å². The van der Waals surface area contributed by atoms with E-state index in [2.05, 4.69) is 20.6 Å². The Balaban J connectivity index is 1.52. The molecular weight excluding hydrogens is 422 g/mol. The van der Waals surface area contributed by atoms with Gasteiger partial charge in [0.05, 0.1) is 24.2 Å². The summed E-state index contributed by atoms with van der Waals surface area (Å²) in [5, 5.41) is 11.8. The maximum absolute atomic E-state index is 12.9. The van der Waals surface area contributed by atoms with Crippen molar-refractivity contribution < 1.29 is 9.53 Å². The summed E-state index contributed by atoms with van der Waals surface area (Å²) < 4.78 is 6.92. The van der Waals surface area contributed by atoms with Crippen LogP contribution in [0.15, 0.2) is 42.5 Å². The highest BCUT2D eigenvalue weighted by molar-refractivity contribution is 7.15. The van der Waals surface area contributed by atoms with Crippen molar-refractivity contribution in [1.82, 2.24) is 20.0 Å². The highest BCUT2D eigenvalue weighted by Gasteiger charge is 2.20. The Hall–Kier alpha value is -3.52. The molecule has 0 aliphatic carbocycles. The number of methoxy groups -OCH3 is 1. The first-order valence-corrected chi connectivity index (χ1v) is 11.1. The monoisotopic (exact) mass is 447 g/mol. The van der Waals surface area contributed by atoms with Crippen LogP contribution >= 0.6 is 11.3 Å². The maximum atomic E-state index is 12.9. The molecular formula is C24H25N5O2S. The van der Waals surface area contributed by atoms with Crippen LogP contribution in [0.25, 0.3) is 5.69 Å². The number of nitrogens with zero attached hydrogens (tertiary/aromatic N) is 4. The molecule has 1 amide bonds. The number of anilines is 1. The molecule has 0 bridgehead atoms. The van der Waals surface area contributed by atoms with Gasteiger partial charge < -0.3 is 4.74 Å². The highest BCUT2D eigenvalue weighted by atomic mass is 32.1. The molecule has 2 aromatic heterocycles. The second kappa shape index (κ2) is 8.92. The van der Waals surface area contributed by atoms with Gasteiger partial charge in [0.2, 0.25) is 0 Å². The summed E-state index contributed by atoms with van der Waals surface area (Å²) in [6.07, 6.45) is 0.741. The van der Waals surface area contributed by atoms with Crippen molar-refractivity contribution in [3.63, 3.8) is 0 Å². The highest BCUT2D eigenvalue weighted by Crippen LogP contribution is 2.27. The van der Waals surface area contributed by atoms with Gasteiger partial charge >= 0.3 is 0 Å². The van der Waals surface area contributed by atoms with Gasteiger partial charge in [0.15, 0.2) is 10.8 Å². The van der Waals surface area contributed by atoms with Gasteiger partial charge in [-0.15, -0.1) is 16.4 Å². The molecule has 4 aromatic rings. The number of carbonyl (C=O) groups excluding carboxylic acids is 1. The number of thiazole rings is 1. The third-order valence-electron chi connectivity index (χ3n) is 5.34. The molecule has 0 spiro atoms. The molecule has 0 radical (unpaired) electrons. The van der Waals surface area contributed by atoms with Crippen molar-refractivity contribution in [3.05, 3.63) is 81.1 Å². The molecule has 0 unspecified atom stereocenters. The van der Waals surface area contributed by atoms with E-state index in [1.807, 2.05) is 70.2 Å². The third kappa shape index (κ3) is 4.40. The Labute approximate surface area is 191 Å². The van der Waals surface area contributed by atoms with Gasteiger partial charge in [-0.25, -0.2) is 9.67 Å². The van der Waals surface area contributed by atoms with Gasteiger partial charge in [-0.05, 0) is 62.6 Å². The van der Waals surface area contributed by atoms with Gasteiger partial charge in [-0.1, -0.05) is 29.5 Å². The molecule has 0 atom stereocenters. The maximum Gasteiger partial charge on any atom is 0.279 e. The van der Waals surface area contributed by atoms with E-state index in [0.717, 1.165) is 45.1 Å². The molecule has 4 rings (SSSR count). The number of hydrogen-bond acceptors (Lipinski definition) is 6. The molecule has 0 aliphatic rings. The summed E-state index contributed by atoms with van der Waals surface area (Å²) >= 11 is 1.47. The minimum absolute atomic E-state index is 0.287. The SMILES string of the molecule is COc1ccc(Cc2sc(NC(=O)c3nnn(-c4cc(C)ccc4C)c3C)nc2C)cc1. The molecule has 0 saturated carbocycles. The molecule has 32 heavy (non-hydrogen) atoms. The molecule has 1 N–H and O–H groups in total. The van der Waals surface area contributed by atoms with Crippen LogP contribution in [0, 0.1) is 27.7 Å². The van der Waals surface area contributed by atoms with Crippen LogP contribution in [0.1, 0.15) is 43.4 Å². The largest absolute Gasteiger partial charge is 0.497 e. The van der Waals surface area contributed by atoms with E-state index in [1.165, 1.54) is 11.3 Å². The van der Waals surface area contributed by atoms with Crippen molar-refractivity contribution in [3.8, 4) is 11.4 Å². The van der Waals surface area contributed by atoms with Crippen LogP contribution < -0.4 is 10.1 Å². The lowest BCUT2D eigenvalue weighted by Gasteiger charge is -2.08. The number of benzene rings is 2. The normalized spacial score (nSPS) is 10.9. The Bertz CT molecular complexity index is 1270. The van der Waals surface area contributed by atoms with E-state index in [-0.39, 0.29) is 11.6 Å². The molecule has 0 saturated heterocycles. The molecule has 8 heteroatoms. The standard InChI is InChI=1S/C24H25N5O2S/c1-14-6-7-15(2)20(12-14)29-17(4)22(27-28-29)23(30)26-24-25-16(3)21(32-24)13-18-8-10-19(31-5)11-9-18/h6-12H,13H2,1-5H3,(H,25,26,30). The van der Waals surface area contributed by atoms with E-state index in [0.29, 0.717) is 10.8 Å². The second-order valence-corrected chi connectivity index (χ2v) is 8.82. The number of aromatic nitrogens is 4. The van der Waals surface area contributed by atoms with Gasteiger partial charge in [0.25, 0.3) is 5.91 Å². The van der Waals surface area contributed by atoms with Gasteiger partial charge in [0.1, 0.15) is 5.75 Å². The minimum atomic E-state index is -0.316. The molecule has 0 aliphatic heterocycles. The predicted octanol–water partition coefficient (Wildman–Crippen LogP) is 4.81. The number of amides is 1. The third-order valence-corrected chi connectivity index (χ3v) is 6.41. The Kier molecular flexibility index (Phi) is 6.05. The summed E-state index contributed by atoms with van der Waals surface area (Å²) in [5.41, 5.74) is 6.13. The van der Waals surface area contributed by atoms with Crippen LogP contribution in [0.3, 0.4) is 0 Å². The van der Waals surface area contributed by atoms with Gasteiger partial charge in [0, 0.05) is 11.3 Å². The smallest absolute Gasteiger partial charge is 0.279 e. The van der Waals surface area contributed by atoms with Crippen LogP contribution in [0.5, 0.6) is 5.75 Å². The summed E-state index contributed by atoms with van der Waals surface area (Å²) in [6.45, 7) is 7.83.